The number of sulfonamides is 1. The number of benzene rings is 2. The van der Waals surface area contributed by atoms with Crippen LogP contribution in [0.25, 0.3) is 0 Å². The molecule has 1 saturated heterocycles. The van der Waals surface area contributed by atoms with Gasteiger partial charge in [0.2, 0.25) is 10.0 Å². The van der Waals surface area contributed by atoms with Crippen LogP contribution in [0.4, 0.5) is 0 Å². The maximum absolute atomic E-state index is 12.4. The van der Waals surface area contributed by atoms with E-state index in [0.717, 1.165) is 19.5 Å². The van der Waals surface area contributed by atoms with Crippen LogP contribution in [0.2, 0.25) is 5.02 Å². The van der Waals surface area contributed by atoms with E-state index >= 15 is 0 Å². The normalized spacial score (nSPS) is 19.1. The average molecular weight is 351 g/mol. The van der Waals surface area contributed by atoms with Crippen molar-refractivity contribution in [3.63, 3.8) is 0 Å². The Labute approximate surface area is 142 Å². The third kappa shape index (κ3) is 4.32. The molecule has 0 bridgehead atoms. The van der Waals surface area contributed by atoms with E-state index in [1.807, 2.05) is 18.2 Å². The van der Waals surface area contributed by atoms with Gasteiger partial charge in [0, 0.05) is 30.7 Å². The van der Waals surface area contributed by atoms with Crippen molar-refractivity contribution in [1.29, 1.82) is 0 Å². The lowest BCUT2D eigenvalue weighted by Crippen LogP contribution is -2.36. The number of hydrogen-bond acceptors (Lipinski definition) is 3. The summed E-state index contributed by atoms with van der Waals surface area (Å²) in [6.07, 6.45) is 0.812. The molecular formula is C17H19ClN2O2S. The van der Waals surface area contributed by atoms with Crippen LogP contribution in [0, 0.1) is 0 Å². The minimum absolute atomic E-state index is 0.0670. The van der Waals surface area contributed by atoms with Gasteiger partial charge in [0.25, 0.3) is 0 Å². The molecule has 6 heteroatoms. The third-order valence-electron chi connectivity index (χ3n) is 3.95. The molecule has 0 aromatic heterocycles. The highest BCUT2D eigenvalue weighted by molar-refractivity contribution is 7.89. The summed E-state index contributed by atoms with van der Waals surface area (Å²) < 4.78 is 27.6. The van der Waals surface area contributed by atoms with E-state index < -0.39 is 10.0 Å². The number of halogens is 1. The molecule has 1 N–H and O–H groups in total. The molecule has 3 rings (SSSR count). The summed E-state index contributed by atoms with van der Waals surface area (Å²) in [4.78, 5) is 2.48. The lowest BCUT2D eigenvalue weighted by molar-refractivity contribution is 0.324. The van der Waals surface area contributed by atoms with Gasteiger partial charge in [-0.25, -0.2) is 13.1 Å². The third-order valence-corrected chi connectivity index (χ3v) is 5.70. The summed E-state index contributed by atoms with van der Waals surface area (Å²) in [5.41, 5.74) is 1.24. The fourth-order valence-electron chi connectivity index (χ4n) is 2.84. The van der Waals surface area contributed by atoms with Crippen molar-refractivity contribution in [2.75, 3.05) is 13.1 Å². The summed E-state index contributed by atoms with van der Waals surface area (Å²) in [5, 5.41) is 0.421. The highest BCUT2D eigenvalue weighted by Crippen LogP contribution is 2.18. The molecule has 1 unspecified atom stereocenters. The van der Waals surface area contributed by atoms with Crippen LogP contribution in [0.1, 0.15) is 12.0 Å². The number of hydrogen-bond donors (Lipinski definition) is 1. The molecule has 0 spiro atoms. The van der Waals surface area contributed by atoms with E-state index in [9.17, 15) is 8.42 Å². The number of nitrogens with one attached hydrogen (secondary N) is 1. The smallest absolute Gasteiger partial charge is 0.240 e. The second-order valence-electron chi connectivity index (χ2n) is 5.78. The standard InChI is InChI=1S/C17H19ClN2O2S/c18-15-7-4-8-17(11-15)23(21,22)19-16-9-10-20(13-16)12-14-5-2-1-3-6-14/h1-8,11,16,19H,9-10,12-13H2. The van der Waals surface area contributed by atoms with Crippen LogP contribution in [-0.2, 0) is 16.6 Å². The molecule has 1 aliphatic rings. The van der Waals surface area contributed by atoms with Gasteiger partial charge in [0.15, 0.2) is 0 Å². The van der Waals surface area contributed by atoms with E-state index in [4.69, 9.17) is 11.6 Å². The quantitative estimate of drug-likeness (QED) is 0.902. The maximum atomic E-state index is 12.4. The largest absolute Gasteiger partial charge is 0.297 e. The first-order valence-corrected chi connectivity index (χ1v) is 9.43. The minimum atomic E-state index is -3.52. The van der Waals surface area contributed by atoms with Gasteiger partial charge in [-0.15, -0.1) is 0 Å². The minimum Gasteiger partial charge on any atom is -0.297 e. The van der Waals surface area contributed by atoms with Crippen molar-refractivity contribution in [2.24, 2.45) is 0 Å². The lowest BCUT2D eigenvalue weighted by atomic mass is 10.2. The summed E-state index contributed by atoms with van der Waals surface area (Å²) in [7, 11) is -3.52. The van der Waals surface area contributed by atoms with E-state index in [1.165, 1.54) is 11.6 Å². The van der Waals surface area contributed by atoms with Crippen LogP contribution in [0.5, 0.6) is 0 Å². The van der Waals surface area contributed by atoms with Crippen LogP contribution >= 0.6 is 11.6 Å². The molecule has 2 aromatic carbocycles. The topological polar surface area (TPSA) is 49.4 Å². The van der Waals surface area contributed by atoms with Gasteiger partial charge >= 0.3 is 0 Å². The number of nitrogens with zero attached hydrogens (tertiary/aromatic N) is 1. The molecule has 1 fully saturated rings. The highest BCUT2D eigenvalue weighted by atomic mass is 35.5. The van der Waals surface area contributed by atoms with Crippen molar-refractivity contribution >= 4 is 21.6 Å². The first kappa shape index (κ1) is 16.5. The van der Waals surface area contributed by atoms with Gasteiger partial charge in [-0.3, -0.25) is 4.90 Å². The Morgan fingerprint density at radius 2 is 1.91 bits per heavy atom. The summed E-state index contributed by atoms with van der Waals surface area (Å²) in [6.45, 7) is 2.45. The fourth-order valence-corrected chi connectivity index (χ4v) is 4.40. The second-order valence-corrected chi connectivity index (χ2v) is 7.94. The molecule has 0 saturated carbocycles. The average Bonchev–Trinajstić information content (AvgIpc) is 2.94. The van der Waals surface area contributed by atoms with E-state index in [1.54, 1.807) is 18.2 Å². The molecule has 2 aromatic rings. The van der Waals surface area contributed by atoms with Gasteiger partial charge in [-0.05, 0) is 30.2 Å². The van der Waals surface area contributed by atoms with Gasteiger partial charge < -0.3 is 0 Å². The Hall–Kier alpha value is -1.40. The summed E-state index contributed by atoms with van der Waals surface area (Å²) in [5.74, 6) is 0. The Kier molecular flexibility index (Phi) is 5.02. The SMILES string of the molecule is O=S(=O)(NC1CCN(Cc2ccccc2)C1)c1cccc(Cl)c1. The molecule has 23 heavy (non-hydrogen) atoms. The molecule has 0 radical (unpaired) electrons. The van der Waals surface area contributed by atoms with E-state index in [-0.39, 0.29) is 10.9 Å². The van der Waals surface area contributed by atoms with E-state index in [2.05, 4.69) is 21.8 Å². The summed E-state index contributed by atoms with van der Waals surface area (Å²) >= 11 is 5.88. The van der Waals surface area contributed by atoms with E-state index in [0.29, 0.717) is 11.6 Å². The molecular weight excluding hydrogens is 332 g/mol. The van der Waals surface area contributed by atoms with Crippen molar-refractivity contribution in [1.82, 2.24) is 9.62 Å². The van der Waals surface area contributed by atoms with Gasteiger partial charge in [0.1, 0.15) is 0 Å². The first-order chi connectivity index (χ1) is 11.0. The van der Waals surface area contributed by atoms with Crippen molar-refractivity contribution < 1.29 is 8.42 Å². The molecule has 122 valence electrons. The van der Waals surface area contributed by atoms with Gasteiger partial charge in [0.05, 0.1) is 4.90 Å². The zero-order valence-corrected chi connectivity index (χ0v) is 14.2. The highest BCUT2D eigenvalue weighted by Gasteiger charge is 2.27. The predicted octanol–water partition coefficient (Wildman–Crippen LogP) is 2.89. The first-order valence-electron chi connectivity index (χ1n) is 7.57. The Balaban J connectivity index is 1.61. The van der Waals surface area contributed by atoms with Crippen LogP contribution < -0.4 is 4.72 Å². The van der Waals surface area contributed by atoms with Crippen molar-refractivity contribution in [2.45, 2.75) is 23.9 Å². The van der Waals surface area contributed by atoms with Crippen LogP contribution in [0.3, 0.4) is 0 Å². The Bertz CT molecular complexity index is 765. The number of likely N-dealkylation sites (tertiary alicyclic amines) is 1. The zero-order chi connectivity index (χ0) is 16.3. The summed E-state index contributed by atoms with van der Waals surface area (Å²) in [6, 6.07) is 16.5. The number of rotatable bonds is 5. The molecule has 1 aliphatic heterocycles. The molecule has 0 amide bonds. The fraction of sp³-hybridized carbons (Fsp3) is 0.294. The maximum Gasteiger partial charge on any atom is 0.240 e. The molecule has 1 heterocycles. The monoisotopic (exact) mass is 350 g/mol. The van der Waals surface area contributed by atoms with Crippen molar-refractivity contribution in [3.8, 4) is 0 Å². The Morgan fingerprint density at radius 1 is 1.13 bits per heavy atom. The molecule has 4 nitrogen and oxygen atoms in total. The second kappa shape index (κ2) is 7.01. The molecule has 0 aliphatic carbocycles. The van der Waals surface area contributed by atoms with Crippen molar-refractivity contribution in [3.05, 3.63) is 65.2 Å². The van der Waals surface area contributed by atoms with Gasteiger partial charge in [-0.1, -0.05) is 48.0 Å². The zero-order valence-electron chi connectivity index (χ0n) is 12.7. The predicted molar refractivity (Wildman–Crippen MR) is 91.9 cm³/mol. The van der Waals surface area contributed by atoms with Gasteiger partial charge in [-0.2, -0.15) is 0 Å². The Morgan fingerprint density at radius 3 is 2.65 bits per heavy atom. The molecule has 1 atom stereocenters. The van der Waals surface area contributed by atoms with Crippen LogP contribution in [-0.4, -0.2) is 32.4 Å². The van der Waals surface area contributed by atoms with Crippen LogP contribution in [0.15, 0.2) is 59.5 Å². The lowest BCUT2D eigenvalue weighted by Gasteiger charge is -2.17.